The number of hydrogen-bond donors (Lipinski definition) is 2. The SMILES string of the molecule is C=NN(CC/C(N)=N\N)C1CCN(C(=O)OC(C)(C)C)C1. The Morgan fingerprint density at radius 1 is 1.52 bits per heavy atom. The molecule has 0 saturated carbocycles. The summed E-state index contributed by atoms with van der Waals surface area (Å²) in [7, 11) is 0. The van der Waals surface area contributed by atoms with Crippen LogP contribution in [0.15, 0.2) is 10.2 Å². The van der Waals surface area contributed by atoms with Crippen LogP contribution in [-0.2, 0) is 4.74 Å². The van der Waals surface area contributed by atoms with E-state index in [0.717, 1.165) is 6.42 Å². The summed E-state index contributed by atoms with van der Waals surface area (Å²) in [6.07, 6.45) is 1.04. The average Bonchev–Trinajstić information content (AvgIpc) is 2.87. The van der Waals surface area contributed by atoms with Crippen LogP contribution in [-0.4, -0.2) is 59.8 Å². The molecule has 0 aliphatic carbocycles. The van der Waals surface area contributed by atoms with Gasteiger partial charge in [-0.1, -0.05) is 0 Å². The highest BCUT2D eigenvalue weighted by molar-refractivity contribution is 5.80. The molecule has 4 N–H and O–H groups in total. The summed E-state index contributed by atoms with van der Waals surface area (Å²) in [5, 5.41) is 9.25. The van der Waals surface area contributed by atoms with Gasteiger partial charge in [0.15, 0.2) is 0 Å². The first-order chi connectivity index (χ1) is 9.76. The minimum atomic E-state index is -0.489. The number of ether oxygens (including phenoxy) is 1. The fraction of sp³-hybridized carbons (Fsp3) is 0.769. The normalized spacial score (nSPS) is 19.5. The summed E-state index contributed by atoms with van der Waals surface area (Å²) < 4.78 is 5.37. The number of amides is 1. The van der Waals surface area contributed by atoms with Crippen LogP contribution in [0.2, 0.25) is 0 Å². The van der Waals surface area contributed by atoms with Gasteiger partial charge in [0.2, 0.25) is 0 Å². The summed E-state index contributed by atoms with van der Waals surface area (Å²) >= 11 is 0. The highest BCUT2D eigenvalue weighted by Gasteiger charge is 2.32. The second kappa shape index (κ2) is 7.14. The molecule has 1 saturated heterocycles. The van der Waals surface area contributed by atoms with E-state index >= 15 is 0 Å². The lowest BCUT2D eigenvalue weighted by Crippen LogP contribution is -2.39. The molecule has 0 aromatic heterocycles. The molecule has 1 aliphatic heterocycles. The molecule has 1 atom stereocenters. The topological polar surface area (TPSA) is 110 Å². The zero-order valence-corrected chi connectivity index (χ0v) is 13.1. The maximum absolute atomic E-state index is 12.0. The molecule has 1 amide bonds. The minimum absolute atomic E-state index is 0.112. The highest BCUT2D eigenvalue weighted by Crippen LogP contribution is 2.19. The second-order valence-corrected chi connectivity index (χ2v) is 6.04. The van der Waals surface area contributed by atoms with Gasteiger partial charge in [-0.3, -0.25) is 5.01 Å². The Morgan fingerprint density at radius 2 is 2.19 bits per heavy atom. The average molecular weight is 298 g/mol. The van der Waals surface area contributed by atoms with Crippen molar-refractivity contribution in [1.29, 1.82) is 0 Å². The zero-order valence-electron chi connectivity index (χ0n) is 13.1. The summed E-state index contributed by atoms with van der Waals surface area (Å²) in [4.78, 5) is 13.7. The molecule has 1 rings (SSSR count). The summed E-state index contributed by atoms with van der Waals surface area (Å²) in [6, 6.07) is 0.112. The number of likely N-dealkylation sites (tertiary alicyclic amines) is 1. The minimum Gasteiger partial charge on any atom is -0.444 e. The first-order valence-electron chi connectivity index (χ1n) is 7.00. The maximum Gasteiger partial charge on any atom is 0.410 e. The summed E-state index contributed by atoms with van der Waals surface area (Å²) in [5.41, 5.74) is 5.08. The van der Waals surface area contributed by atoms with Gasteiger partial charge in [0.05, 0.1) is 6.04 Å². The summed E-state index contributed by atoms with van der Waals surface area (Å²) in [6.45, 7) is 10.9. The first-order valence-corrected chi connectivity index (χ1v) is 7.00. The quantitative estimate of drug-likeness (QED) is 0.333. The van der Waals surface area contributed by atoms with Gasteiger partial charge in [-0.25, -0.2) is 4.79 Å². The van der Waals surface area contributed by atoms with Gasteiger partial charge in [-0.15, -0.1) is 0 Å². The van der Waals surface area contributed by atoms with Crippen LogP contribution in [0.3, 0.4) is 0 Å². The van der Waals surface area contributed by atoms with E-state index in [1.807, 2.05) is 25.8 Å². The molecule has 0 spiro atoms. The van der Waals surface area contributed by atoms with E-state index < -0.39 is 5.60 Å². The predicted octanol–water partition coefficient (Wildman–Crippen LogP) is 0.534. The van der Waals surface area contributed by atoms with E-state index in [0.29, 0.717) is 31.9 Å². The van der Waals surface area contributed by atoms with Crippen molar-refractivity contribution >= 4 is 18.6 Å². The van der Waals surface area contributed by atoms with Crippen LogP contribution in [0.25, 0.3) is 0 Å². The van der Waals surface area contributed by atoms with Gasteiger partial charge in [0.25, 0.3) is 0 Å². The van der Waals surface area contributed by atoms with Crippen molar-refractivity contribution in [2.45, 2.75) is 45.3 Å². The predicted molar refractivity (Wildman–Crippen MR) is 82.9 cm³/mol. The van der Waals surface area contributed by atoms with Gasteiger partial charge in [-0.05, 0) is 27.2 Å². The second-order valence-electron chi connectivity index (χ2n) is 6.04. The molecule has 21 heavy (non-hydrogen) atoms. The monoisotopic (exact) mass is 298 g/mol. The van der Waals surface area contributed by atoms with Crippen LogP contribution in [0.5, 0.6) is 0 Å². The Labute approximate surface area is 125 Å². The lowest BCUT2D eigenvalue weighted by molar-refractivity contribution is 0.0280. The van der Waals surface area contributed by atoms with Gasteiger partial charge < -0.3 is 21.2 Å². The molecule has 8 heteroatoms. The Kier molecular flexibility index (Phi) is 5.80. The van der Waals surface area contributed by atoms with E-state index in [9.17, 15) is 4.79 Å². The molecule has 1 unspecified atom stereocenters. The highest BCUT2D eigenvalue weighted by atomic mass is 16.6. The number of hydrazone groups is 2. The van der Waals surface area contributed by atoms with Crippen LogP contribution in [0.4, 0.5) is 4.79 Å². The van der Waals surface area contributed by atoms with Crippen LogP contribution < -0.4 is 11.6 Å². The molecular formula is C13H26N6O2. The first kappa shape index (κ1) is 17.1. The molecule has 8 nitrogen and oxygen atoms in total. The van der Waals surface area contributed by atoms with Crippen molar-refractivity contribution in [1.82, 2.24) is 9.91 Å². The largest absolute Gasteiger partial charge is 0.444 e. The Hall–Kier alpha value is -1.99. The molecule has 0 aromatic carbocycles. The Morgan fingerprint density at radius 3 is 2.71 bits per heavy atom. The van der Waals surface area contributed by atoms with Crippen molar-refractivity contribution in [3.63, 3.8) is 0 Å². The number of amidine groups is 1. The standard InChI is InChI=1S/C13H26N6O2/c1-13(2,3)21-12(20)18-7-5-10(9-18)19(16-4)8-6-11(14)17-15/h10H,4-9,15H2,1-3H3,(H2,14,17). The van der Waals surface area contributed by atoms with E-state index in [2.05, 4.69) is 16.9 Å². The van der Waals surface area contributed by atoms with Crippen molar-refractivity contribution in [3.05, 3.63) is 0 Å². The number of rotatable bonds is 5. The van der Waals surface area contributed by atoms with Gasteiger partial charge in [0.1, 0.15) is 11.4 Å². The maximum atomic E-state index is 12.0. The smallest absolute Gasteiger partial charge is 0.410 e. The van der Waals surface area contributed by atoms with Crippen LogP contribution in [0.1, 0.15) is 33.6 Å². The molecular weight excluding hydrogens is 272 g/mol. The van der Waals surface area contributed by atoms with E-state index in [-0.39, 0.29) is 12.1 Å². The number of hydrogen-bond acceptors (Lipinski definition) is 6. The molecule has 0 bridgehead atoms. The Balaban J connectivity index is 2.51. The van der Waals surface area contributed by atoms with Crippen molar-refractivity contribution < 1.29 is 9.53 Å². The summed E-state index contributed by atoms with van der Waals surface area (Å²) in [5.74, 6) is 5.47. The third-order valence-electron chi connectivity index (χ3n) is 3.18. The number of carbonyl (C=O) groups excluding carboxylic acids is 1. The van der Waals surface area contributed by atoms with Crippen molar-refractivity contribution in [2.24, 2.45) is 21.8 Å². The fourth-order valence-electron chi connectivity index (χ4n) is 2.14. The van der Waals surface area contributed by atoms with E-state index in [1.54, 1.807) is 4.90 Å². The van der Waals surface area contributed by atoms with Crippen LogP contribution in [0, 0.1) is 0 Å². The number of carbonyl (C=O) groups is 1. The van der Waals surface area contributed by atoms with E-state index in [1.165, 1.54) is 0 Å². The zero-order chi connectivity index (χ0) is 16.0. The van der Waals surface area contributed by atoms with Crippen LogP contribution >= 0.6 is 0 Å². The third-order valence-corrected chi connectivity index (χ3v) is 3.18. The lowest BCUT2D eigenvalue weighted by atomic mass is 10.2. The van der Waals surface area contributed by atoms with Gasteiger partial charge in [0, 0.05) is 32.8 Å². The fourth-order valence-corrected chi connectivity index (χ4v) is 2.14. The lowest BCUT2D eigenvalue weighted by Gasteiger charge is -2.27. The van der Waals surface area contributed by atoms with Gasteiger partial charge in [-0.2, -0.15) is 10.2 Å². The molecule has 0 aromatic rings. The Bertz CT molecular complexity index is 404. The number of nitrogens with two attached hydrogens (primary N) is 2. The molecule has 1 fully saturated rings. The molecule has 1 aliphatic rings. The molecule has 1 heterocycles. The van der Waals surface area contributed by atoms with Crippen molar-refractivity contribution in [3.8, 4) is 0 Å². The van der Waals surface area contributed by atoms with Gasteiger partial charge >= 0.3 is 6.09 Å². The molecule has 120 valence electrons. The molecule has 0 radical (unpaired) electrons. The van der Waals surface area contributed by atoms with Crippen molar-refractivity contribution in [2.75, 3.05) is 19.6 Å². The van der Waals surface area contributed by atoms with E-state index in [4.69, 9.17) is 16.3 Å². The number of nitrogens with zero attached hydrogens (tertiary/aromatic N) is 4. The third kappa shape index (κ3) is 5.49.